The van der Waals surface area contributed by atoms with Crippen molar-refractivity contribution in [3.63, 3.8) is 0 Å². The Bertz CT molecular complexity index is 733. The van der Waals surface area contributed by atoms with E-state index in [4.69, 9.17) is 11.6 Å². The maximum Gasteiger partial charge on any atom is 0.0490 e. The lowest BCUT2D eigenvalue weighted by molar-refractivity contribution is 0.295. The Morgan fingerprint density at radius 2 is 1.96 bits per heavy atom. The molecular weight excluding hydrogens is 338 g/mol. The van der Waals surface area contributed by atoms with Crippen molar-refractivity contribution in [2.24, 2.45) is 0 Å². The van der Waals surface area contributed by atoms with Crippen LogP contribution < -0.4 is 4.72 Å². The number of aryl methyl sites for hydroxylation is 1. The predicted octanol–water partition coefficient (Wildman–Crippen LogP) is 4.76. The molecule has 0 aliphatic carbocycles. The first-order chi connectivity index (χ1) is 11.5. The van der Waals surface area contributed by atoms with Crippen molar-refractivity contribution in [2.75, 3.05) is 32.4 Å². The van der Waals surface area contributed by atoms with Crippen LogP contribution in [0.2, 0.25) is 5.02 Å². The highest BCUT2D eigenvalue weighted by molar-refractivity contribution is 7.98. The summed E-state index contributed by atoms with van der Waals surface area (Å²) < 4.78 is 5.53. The molecular formula is C19H24ClN3S. The number of fused-ring (bicyclic) bond motifs is 1. The summed E-state index contributed by atoms with van der Waals surface area (Å²) in [5, 5.41) is 0.884. The molecule has 0 spiro atoms. The minimum Gasteiger partial charge on any atom is -0.316 e. The van der Waals surface area contributed by atoms with Crippen LogP contribution in [0.4, 0.5) is 5.69 Å². The third kappa shape index (κ3) is 3.72. The summed E-state index contributed by atoms with van der Waals surface area (Å²) >= 11 is 8.15. The number of hydrogen-bond acceptors (Lipinski definition) is 4. The summed E-state index contributed by atoms with van der Waals surface area (Å²) in [6.07, 6.45) is 0. The second-order valence-corrected chi connectivity index (χ2v) is 8.18. The van der Waals surface area contributed by atoms with Gasteiger partial charge in [0.1, 0.15) is 0 Å². The highest BCUT2D eigenvalue weighted by Crippen LogP contribution is 2.40. The second kappa shape index (κ2) is 7.36. The van der Waals surface area contributed by atoms with Crippen LogP contribution >= 0.6 is 23.7 Å². The maximum atomic E-state index is 6.55. The van der Waals surface area contributed by atoms with Gasteiger partial charge in [0, 0.05) is 41.9 Å². The molecule has 0 radical (unpaired) electrons. The van der Waals surface area contributed by atoms with Crippen LogP contribution in [0.15, 0.2) is 36.4 Å². The average molecular weight is 362 g/mol. The molecule has 24 heavy (non-hydrogen) atoms. The first-order valence-electron chi connectivity index (χ1n) is 8.12. The molecule has 5 heteroatoms. The van der Waals surface area contributed by atoms with Crippen molar-refractivity contribution in [1.82, 2.24) is 9.21 Å². The molecule has 128 valence electrons. The third-order valence-corrected chi connectivity index (χ3v) is 5.36. The fourth-order valence-electron chi connectivity index (χ4n) is 3.32. The monoisotopic (exact) mass is 361 g/mol. The number of para-hydroxylation sites is 1. The Labute approximate surface area is 154 Å². The molecule has 0 saturated heterocycles. The van der Waals surface area contributed by atoms with Gasteiger partial charge < -0.3 is 9.62 Å². The lowest BCUT2D eigenvalue weighted by Crippen LogP contribution is -2.31. The van der Waals surface area contributed by atoms with Crippen LogP contribution in [-0.2, 0) is 6.54 Å². The van der Waals surface area contributed by atoms with Crippen molar-refractivity contribution in [3.8, 4) is 0 Å². The van der Waals surface area contributed by atoms with Gasteiger partial charge in [-0.15, -0.1) is 0 Å². The van der Waals surface area contributed by atoms with Crippen molar-refractivity contribution in [3.05, 3.63) is 63.7 Å². The lowest BCUT2D eigenvalue weighted by Gasteiger charge is -2.34. The van der Waals surface area contributed by atoms with Crippen LogP contribution in [0.3, 0.4) is 0 Å². The van der Waals surface area contributed by atoms with Crippen molar-refractivity contribution in [2.45, 2.75) is 19.4 Å². The summed E-state index contributed by atoms with van der Waals surface area (Å²) in [5.41, 5.74) is 6.33. The van der Waals surface area contributed by atoms with Gasteiger partial charge in [0.25, 0.3) is 0 Å². The lowest BCUT2D eigenvalue weighted by atomic mass is 9.83. The normalized spacial score (nSPS) is 17.8. The fraction of sp³-hybridized carbons (Fsp3) is 0.368. The zero-order valence-electron chi connectivity index (χ0n) is 14.6. The van der Waals surface area contributed by atoms with Gasteiger partial charge in [-0.25, -0.2) is 4.31 Å². The van der Waals surface area contributed by atoms with Gasteiger partial charge in [-0.3, -0.25) is 0 Å². The molecule has 0 amide bonds. The molecule has 2 aromatic rings. The highest BCUT2D eigenvalue weighted by atomic mass is 35.5. The van der Waals surface area contributed by atoms with E-state index in [1.807, 2.05) is 14.1 Å². The Morgan fingerprint density at radius 1 is 1.21 bits per heavy atom. The van der Waals surface area contributed by atoms with E-state index >= 15 is 0 Å². The van der Waals surface area contributed by atoms with E-state index < -0.39 is 0 Å². The van der Waals surface area contributed by atoms with E-state index in [0.717, 1.165) is 18.1 Å². The zero-order valence-corrected chi connectivity index (χ0v) is 16.2. The van der Waals surface area contributed by atoms with Gasteiger partial charge in [-0.1, -0.05) is 35.9 Å². The smallest absolute Gasteiger partial charge is 0.0490 e. The largest absolute Gasteiger partial charge is 0.316 e. The number of anilines is 1. The first kappa shape index (κ1) is 17.6. The quantitative estimate of drug-likeness (QED) is 0.791. The second-order valence-electron chi connectivity index (χ2n) is 6.66. The van der Waals surface area contributed by atoms with Crippen LogP contribution in [0.25, 0.3) is 0 Å². The Morgan fingerprint density at radius 3 is 2.71 bits per heavy atom. The molecule has 1 atom stereocenters. The number of likely N-dealkylation sites (N-methyl/N-ethyl adjacent to an activating group) is 1. The standard InChI is InChI=1S/C19H24ClN3S/c1-13-9-15-16(11-23(4)12-17(15)18(20)10-13)14-7-5-6-8-19(14)21-24-22(2)3/h5-10,16,21H,11-12H2,1-4H3. The summed E-state index contributed by atoms with van der Waals surface area (Å²) in [7, 11) is 6.23. The molecule has 0 fully saturated rings. The van der Waals surface area contributed by atoms with E-state index in [9.17, 15) is 0 Å². The fourth-order valence-corrected chi connectivity index (χ4v) is 4.13. The summed E-state index contributed by atoms with van der Waals surface area (Å²) in [4.78, 5) is 2.35. The molecule has 0 saturated carbocycles. The SMILES string of the molecule is Cc1cc(Cl)c2c(c1)C(c1ccccc1NSN(C)C)CN(C)C2. The molecule has 3 rings (SSSR count). The van der Waals surface area contributed by atoms with Gasteiger partial charge in [0.15, 0.2) is 0 Å². The zero-order chi connectivity index (χ0) is 17.3. The van der Waals surface area contributed by atoms with E-state index in [2.05, 4.69) is 64.3 Å². The molecule has 1 aliphatic rings. The van der Waals surface area contributed by atoms with Gasteiger partial charge in [-0.05, 0) is 62.5 Å². The molecule has 1 aliphatic heterocycles. The van der Waals surface area contributed by atoms with Crippen LogP contribution in [-0.4, -0.2) is 36.9 Å². The predicted molar refractivity (Wildman–Crippen MR) is 106 cm³/mol. The van der Waals surface area contributed by atoms with Crippen LogP contribution in [0.5, 0.6) is 0 Å². The highest BCUT2D eigenvalue weighted by Gasteiger charge is 2.28. The number of nitrogens with zero attached hydrogens (tertiary/aromatic N) is 2. The molecule has 1 unspecified atom stereocenters. The van der Waals surface area contributed by atoms with Crippen molar-refractivity contribution >= 4 is 29.4 Å². The Balaban J connectivity index is 2.05. The minimum atomic E-state index is 0.322. The minimum absolute atomic E-state index is 0.322. The number of nitrogens with one attached hydrogen (secondary N) is 1. The molecule has 3 nitrogen and oxygen atoms in total. The topological polar surface area (TPSA) is 18.5 Å². The maximum absolute atomic E-state index is 6.55. The van der Waals surface area contributed by atoms with Gasteiger partial charge in [0.05, 0.1) is 0 Å². The molecule has 0 bridgehead atoms. The number of hydrogen-bond donors (Lipinski definition) is 1. The van der Waals surface area contributed by atoms with Crippen LogP contribution in [0.1, 0.15) is 28.2 Å². The average Bonchev–Trinajstić information content (AvgIpc) is 2.53. The first-order valence-corrected chi connectivity index (χ1v) is 9.27. The molecule has 0 aromatic heterocycles. The number of halogens is 1. The summed E-state index contributed by atoms with van der Waals surface area (Å²) in [6, 6.07) is 12.9. The summed E-state index contributed by atoms with van der Waals surface area (Å²) in [5.74, 6) is 0.322. The van der Waals surface area contributed by atoms with Gasteiger partial charge in [0.2, 0.25) is 0 Å². The molecule has 1 N–H and O–H groups in total. The van der Waals surface area contributed by atoms with Gasteiger partial charge >= 0.3 is 0 Å². The van der Waals surface area contributed by atoms with Gasteiger partial charge in [-0.2, -0.15) is 0 Å². The molecule has 2 aromatic carbocycles. The van der Waals surface area contributed by atoms with Crippen molar-refractivity contribution < 1.29 is 0 Å². The van der Waals surface area contributed by atoms with E-state index in [-0.39, 0.29) is 0 Å². The third-order valence-electron chi connectivity index (χ3n) is 4.35. The van der Waals surface area contributed by atoms with E-state index in [0.29, 0.717) is 5.92 Å². The number of rotatable bonds is 4. The Kier molecular flexibility index (Phi) is 5.40. The number of benzene rings is 2. The van der Waals surface area contributed by atoms with Crippen LogP contribution in [0, 0.1) is 6.92 Å². The van der Waals surface area contributed by atoms with Crippen molar-refractivity contribution in [1.29, 1.82) is 0 Å². The molecule has 1 heterocycles. The van der Waals surface area contributed by atoms with E-state index in [1.165, 1.54) is 27.9 Å². The summed E-state index contributed by atoms with van der Waals surface area (Å²) in [6.45, 7) is 4.03. The Hall–Kier alpha value is -1.20. The van der Waals surface area contributed by atoms with E-state index in [1.54, 1.807) is 12.1 Å².